The summed E-state index contributed by atoms with van der Waals surface area (Å²) in [5.74, 6) is 0.455. The Morgan fingerprint density at radius 2 is 1.83 bits per heavy atom. The lowest BCUT2D eigenvalue weighted by molar-refractivity contribution is -0.123. The van der Waals surface area contributed by atoms with Crippen molar-refractivity contribution in [2.45, 2.75) is 53.6 Å². The van der Waals surface area contributed by atoms with Crippen LogP contribution in [-0.2, 0) is 4.79 Å². The molecule has 2 aromatic carbocycles. The van der Waals surface area contributed by atoms with E-state index in [1.54, 1.807) is 13.3 Å². The normalized spacial score (nSPS) is 16.9. The Morgan fingerprint density at radius 3 is 2.50 bits per heavy atom. The van der Waals surface area contributed by atoms with E-state index in [1.807, 2.05) is 75.4 Å². The van der Waals surface area contributed by atoms with Crippen molar-refractivity contribution >= 4 is 46.2 Å². The van der Waals surface area contributed by atoms with Gasteiger partial charge in [-0.05, 0) is 86.6 Å². The summed E-state index contributed by atoms with van der Waals surface area (Å²) < 4.78 is 7.99. The highest BCUT2D eigenvalue weighted by atomic mass is 35.5. The second-order valence-corrected chi connectivity index (χ2v) is 12.5. The lowest BCUT2D eigenvalue weighted by atomic mass is 9.95. The van der Waals surface area contributed by atoms with Crippen LogP contribution in [0.3, 0.4) is 0 Å². The van der Waals surface area contributed by atoms with E-state index in [2.05, 4.69) is 46.9 Å². The first-order chi connectivity index (χ1) is 19.9. The number of rotatable bonds is 6. The lowest BCUT2D eigenvalue weighted by Crippen LogP contribution is -2.30. The van der Waals surface area contributed by atoms with Gasteiger partial charge in [-0.15, -0.1) is 0 Å². The molecule has 1 fully saturated rings. The average Bonchev–Trinajstić information content (AvgIpc) is 3.44. The van der Waals surface area contributed by atoms with Gasteiger partial charge in [0.2, 0.25) is 5.91 Å². The molecule has 2 aromatic heterocycles. The summed E-state index contributed by atoms with van der Waals surface area (Å²) in [4.78, 5) is 19.6. The highest BCUT2D eigenvalue weighted by Crippen LogP contribution is 2.45. The highest BCUT2D eigenvalue weighted by molar-refractivity contribution is 7.80. The molecule has 0 bridgehead atoms. The third-order valence-electron chi connectivity index (χ3n) is 7.69. The Kier molecular flexibility index (Phi) is 8.05. The number of amides is 1. The number of hydrogen-bond donors (Lipinski definition) is 2. The van der Waals surface area contributed by atoms with Gasteiger partial charge in [0.1, 0.15) is 5.75 Å². The zero-order valence-corrected chi connectivity index (χ0v) is 26.5. The molecular formula is C33H36ClN5O2S. The van der Waals surface area contributed by atoms with E-state index in [0.717, 1.165) is 39.6 Å². The van der Waals surface area contributed by atoms with Gasteiger partial charge in [-0.25, -0.2) is 0 Å². The maximum Gasteiger partial charge on any atom is 0.229 e. The highest BCUT2D eigenvalue weighted by Gasteiger charge is 2.42. The quantitative estimate of drug-likeness (QED) is 0.222. The molecule has 1 aliphatic heterocycles. The molecule has 1 aliphatic rings. The van der Waals surface area contributed by atoms with Crippen LogP contribution in [-0.4, -0.2) is 27.7 Å². The van der Waals surface area contributed by atoms with Gasteiger partial charge in [-0.1, -0.05) is 44.5 Å². The Bertz CT molecular complexity index is 1660. The van der Waals surface area contributed by atoms with Crippen LogP contribution >= 0.6 is 23.8 Å². The zero-order chi connectivity index (χ0) is 30.3. The fourth-order valence-electron chi connectivity index (χ4n) is 5.47. The van der Waals surface area contributed by atoms with E-state index in [4.69, 9.17) is 33.5 Å². The zero-order valence-electron chi connectivity index (χ0n) is 24.9. The standard InChI is InChI=1S/C33H36ClN5O2S/c1-19-11-12-22(34)17-27(19)38-20(2)16-24(21(38)3)30-29(26-10-8-9-15-35-26)37-32(42)39(30)23-13-14-25(28(18-23)41-7)36-31(40)33(4,5)6/h8-18,29-30H,1-7H3,(H,36,40)(H,37,42)/t29-,30+/m1/s1. The summed E-state index contributed by atoms with van der Waals surface area (Å²) >= 11 is 12.4. The number of nitrogens with one attached hydrogen (secondary N) is 2. The van der Waals surface area contributed by atoms with Crippen molar-refractivity contribution < 1.29 is 9.53 Å². The number of hydrogen-bond acceptors (Lipinski definition) is 4. The van der Waals surface area contributed by atoms with Gasteiger partial charge in [0.15, 0.2) is 5.11 Å². The summed E-state index contributed by atoms with van der Waals surface area (Å²) in [6.45, 7) is 12.0. The number of pyridine rings is 1. The van der Waals surface area contributed by atoms with Crippen molar-refractivity contribution in [3.05, 3.63) is 100 Å². The minimum absolute atomic E-state index is 0.0937. The fourth-order valence-corrected chi connectivity index (χ4v) is 5.99. The molecule has 218 valence electrons. The third-order valence-corrected chi connectivity index (χ3v) is 8.24. The molecule has 5 rings (SSSR count). The lowest BCUT2D eigenvalue weighted by Gasteiger charge is -2.29. The summed E-state index contributed by atoms with van der Waals surface area (Å²) in [7, 11) is 1.60. The minimum atomic E-state index is -0.547. The van der Waals surface area contributed by atoms with Crippen LogP contribution in [0.25, 0.3) is 5.69 Å². The maximum absolute atomic E-state index is 12.7. The Balaban J connectivity index is 1.64. The Hall–Kier alpha value is -3.88. The van der Waals surface area contributed by atoms with E-state index in [0.29, 0.717) is 21.6 Å². The molecule has 0 spiro atoms. The van der Waals surface area contributed by atoms with E-state index >= 15 is 0 Å². The average molecular weight is 602 g/mol. The largest absolute Gasteiger partial charge is 0.494 e. The first kappa shape index (κ1) is 29.6. The third kappa shape index (κ3) is 5.49. The molecule has 4 aromatic rings. The van der Waals surface area contributed by atoms with Crippen LogP contribution in [0.2, 0.25) is 5.02 Å². The summed E-state index contributed by atoms with van der Waals surface area (Å²) in [6.07, 6.45) is 1.80. The predicted molar refractivity (Wildman–Crippen MR) is 174 cm³/mol. The van der Waals surface area contributed by atoms with Gasteiger partial charge >= 0.3 is 0 Å². The minimum Gasteiger partial charge on any atom is -0.494 e. The molecular weight excluding hydrogens is 566 g/mol. The maximum atomic E-state index is 12.7. The first-order valence-corrected chi connectivity index (χ1v) is 14.6. The number of methoxy groups -OCH3 is 1. The molecule has 1 saturated heterocycles. The van der Waals surface area contributed by atoms with Crippen molar-refractivity contribution in [1.82, 2.24) is 14.9 Å². The van der Waals surface area contributed by atoms with Gasteiger partial charge in [-0.2, -0.15) is 0 Å². The number of ether oxygens (including phenoxy) is 1. The second kappa shape index (κ2) is 11.4. The number of aromatic nitrogens is 2. The van der Waals surface area contributed by atoms with Crippen LogP contribution < -0.4 is 20.3 Å². The van der Waals surface area contributed by atoms with Crippen molar-refractivity contribution in [3.8, 4) is 11.4 Å². The fraction of sp³-hybridized carbons (Fsp3) is 0.303. The van der Waals surface area contributed by atoms with Crippen LogP contribution in [0.4, 0.5) is 11.4 Å². The molecule has 1 amide bonds. The molecule has 9 heteroatoms. The summed E-state index contributed by atoms with van der Waals surface area (Å²) in [5.41, 5.74) is 7.23. The number of carbonyl (C=O) groups excluding carboxylic acids is 1. The van der Waals surface area contributed by atoms with E-state index in [-0.39, 0.29) is 18.0 Å². The van der Waals surface area contributed by atoms with Gasteiger partial charge < -0.3 is 24.8 Å². The van der Waals surface area contributed by atoms with E-state index in [9.17, 15) is 4.79 Å². The number of carbonyl (C=O) groups is 1. The second-order valence-electron chi connectivity index (χ2n) is 11.7. The molecule has 3 heterocycles. The van der Waals surface area contributed by atoms with Gasteiger partial charge in [0.25, 0.3) is 0 Å². The molecule has 42 heavy (non-hydrogen) atoms. The molecule has 0 radical (unpaired) electrons. The summed E-state index contributed by atoms with van der Waals surface area (Å²) in [5, 5.41) is 7.81. The number of thiocarbonyl (C=S) groups is 1. The van der Waals surface area contributed by atoms with Crippen molar-refractivity contribution in [2.24, 2.45) is 5.41 Å². The topological polar surface area (TPSA) is 71.4 Å². The van der Waals surface area contributed by atoms with Gasteiger partial charge in [0.05, 0.1) is 30.6 Å². The summed E-state index contributed by atoms with van der Waals surface area (Å²) in [6, 6.07) is 19.4. The number of halogens is 1. The molecule has 0 saturated carbocycles. The number of anilines is 2. The Labute approximate surface area is 257 Å². The number of aryl methyl sites for hydroxylation is 2. The van der Waals surface area contributed by atoms with Crippen LogP contribution in [0.15, 0.2) is 66.9 Å². The number of nitrogens with zero attached hydrogens (tertiary/aromatic N) is 3. The van der Waals surface area contributed by atoms with Crippen LogP contribution in [0.1, 0.15) is 61.1 Å². The van der Waals surface area contributed by atoms with Crippen LogP contribution in [0.5, 0.6) is 5.75 Å². The molecule has 0 aliphatic carbocycles. The van der Waals surface area contributed by atoms with Crippen molar-refractivity contribution in [3.63, 3.8) is 0 Å². The van der Waals surface area contributed by atoms with E-state index in [1.165, 1.54) is 0 Å². The van der Waals surface area contributed by atoms with Gasteiger partial charge in [-0.3, -0.25) is 9.78 Å². The van der Waals surface area contributed by atoms with Crippen LogP contribution in [0, 0.1) is 26.2 Å². The monoisotopic (exact) mass is 601 g/mol. The Morgan fingerprint density at radius 1 is 1.07 bits per heavy atom. The SMILES string of the molecule is COc1cc(N2C(=S)N[C@H](c3ccccn3)[C@@H]2c2cc(C)n(-c3cc(Cl)ccc3C)c2C)ccc1NC(=O)C(C)(C)C. The predicted octanol–water partition coefficient (Wildman–Crippen LogP) is 7.62. The molecule has 7 nitrogen and oxygen atoms in total. The van der Waals surface area contributed by atoms with Gasteiger partial charge in [0, 0.05) is 45.5 Å². The van der Waals surface area contributed by atoms with E-state index < -0.39 is 5.41 Å². The first-order valence-electron chi connectivity index (χ1n) is 13.9. The molecule has 2 atom stereocenters. The molecule has 0 unspecified atom stereocenters. The van der Waals surface area contributed by atoms with Crippen molar-refractivity contribution in [2.75, 3.05) is 17.3 Å². The number of benzene rings is 2. The smallest absolute Gasteiger partial charge is 0.229 e. The molecule has 2 N–H and O–H groups in total. The van der Waals surface area contributed by atoms with Crippen molar-refractivity contribution in [1.29, 1.82) is 0 Å².